The van der Waals surface area contributed by atoms with Crippen LogP contribution in [-0.2, 0) is 9.59 Å². The van der Waals surface area contributed by atoms with Crippen molar-refractivity contribution in [2.24, 2.45) is 0 Å². The standard InChI is InChI=1S/C63H60N4O2S2/c1-3-5-7-9-11-19-43-65-60(58-59(63(65)69)61(66(62(58)68)44-20-12-10-8-6-4-2)57-42-40-55(71-57)50-35-29-48(45-64)30-36-50)56-41-39-54(70-56)49-33-27-46(28-34-49)25-26-47-31-37-53(38-32-47)67(51-21-15-13-16-22-51)52-23-17-14-18-24-52/h13-18,21-24,27-42H,3-12,19-20,43-44H2,1-2H3. The quantitative estimate of drug-likeness (QED) is 0.0531. The Morgan fingerprint density at radius 2 is 0.789 bits per heavy atom. The van der Waals surface area contributed by atoms with Crippen molar-refractivity contribution in [3.05, 3.63) is 195 Å². The average Bonchev–Trinajstić information content (AvgIpc) is 4.22. The second-order valence-electron chi connectivity index (χ2n) is 18.3. The van der Waals surface area contributed by atoms with E-state index in [1.807, 2.05) is 46.2 Å². The summed E-state index contributed by atoms with van der Waals surface area (Å²) in [6.07, 6.45) is 13.2. The molecule has 0 bridgehead atoms. The first kappa shape index (κ1) is 48.8. The summed E-state index contributed by atoms with van der Waals surface area (Å²) in [5.41, 5.74) is 10.3. The Morgan fingerprint density at radius 1 is 0.423 bits per heavy atom. The van der Waals surface area contributed by atoms with Gasteiger partial charge in [-0.3, -0.25) is 9.59 Å². The highest BCUT2D eigenvalue weighted by atomic mass is 32.1. The average molecular weight is 969 g/mol. The molecule has 0 aliphatic carbocycles. The predicted molar refractivity (Wildman–Crippen MR) is 295 cm³/mol. The Morgan fingerprint density at radius 3 is 1.21 bits per heavy atom. The third kappa shape index (κ3) is 11.2. The zero-order valence-corrected chi connectivity index (χ0v) is 42.5. The highest BCUT2D eigenvalue weighted by molar-refractivity contribution is 7.17. The van der Waals surface area contributed by atoms with Crippen molar-refractivity contribution in [3.8, 4) is 38.8 Å². The number of nitrogens with zero attached hydrogens (tertiary/aromatic N) is 4. The van der Waals surface area contributed by atoms with Gasteiger partial charge in [0.1, 0.15) is 0 Å². The van der Waals surface area contributed by atoms with E-state index in [4.69, 9.17) is 0 Å². The predicted octanol–water partition coefficient (Wildman–Crippen LogP) is 16.4. The third-order valence-corrected chi connectivity index (χ3v) is 15.6. The molecule has 4 heterocycles. The Bertz CT molecular complexity index is 3070. The van der Waals surface area contributed by atoms with E-state index in [0.29, 0.717) is 29.8 Å². The molecule has 0 atom stereocenters. The molecule has 8 heteroatoms. The minimum absolute atomic E-state index is 0.0806. The van der Waals surface area contributed by atoms with Gasteiger partial charge in [-0.2, -0.15) is 5.26 Å². The molecule has 2 aliphatic heterocycles. The molecule has 5 aromatic carbocycles. The largest absolute Gasteiger partial charge is 0.311 e. The zero-order valence-electron chi connectivity index (χ0n) is 40.8. The molecule has 0 radical (unpaired) electrons. The summed E-state index contributed by atoms with van der Waals surface area (Å²) in [7, 11) is 0. The fraction of sp³-hybridized carbons (Fsp3) is 0.254. The van der Waals surface area contributed by atoms with Crippen LogP contribution in [0.15, 0.2) is 169 Å². The highest BCUT2D eigenvalue weighted by Gasteiger charge is 2.49. The van der Waals surface area contributed by atoms with E-state index in [9.17, 15) is 5.26 Å². The van der Waals surface area contributed by atoms with Crippen LogP contribution in [0, 0.1) is 23.2 Å². The summed E-state index contributed by atoms with van der Waals surface area (Å²) in [6.45, 7) is 5.58. The van der Waals surface area contributed by atoms with Crippen LogP contribution in [0.25, 0.3) is 32.3 Å². The van der Waals surface area contributed by atoms with Crippen molar-refractivity contribution in [3.63, 3.8) is 0 Å². The Hall–Kier alpha value is -7.23. The summed E-state index contributed by atoms with van der Waals surface area (Å²) in [4.78, 5) is 40.1. The molecule has 0 N–H and O–H groups in total. The van der Waals surface area contributed by atoms with Crippen LogP contribution < -0.4 is 4.90 Å². The number of rotatable bonds is 21. The van der Waals surface area contributed by atoms with E-state index in [1.54, 1.807) is 22.7 Å². The molecular weight excluding hydrogens is 909 g/mol. The molecular formula is C63H60N4O2S2. The summed E-state index contributed by atoms with van der Waals surface area (Å²) in [5, 5.41) is 9.42. The van der Waals surface area contributed by atoms with E-state index in [1.165, 1.54) is 38.5 Å². The van der Waals surface area contributed by atoms with Gasteiger partial charge in [-0.15, -0.1) is 22.7 Å². The van der Waals surface area contributed by atoms with Gasteiger partial charge in [0.15, 0.2) is 0 Å². The Balaban J connectivity index is 1.00. The number of carbonyl (C=O) groups is 2. The maximum atomic E-state index is 15.1. The molecule has 2 amide bonds. The normalized spacial score (nSPS) is 13.2. The number of hydrogen-bond acceptors (Lipinski definition) is 6. The maximum Gasteiger partial charge on any atom is 0.261 e. The van der Waals surface area contributed by atoms with Crippen LogP contribution in [0.3, 0.4) is 0 Å². The van der Waals surface area contributed by atoms with Crippen molar-refractivity contribution in [1.29, 1.82) is 5.26 Å². The summed E-state index contributed by atoms with van der Waals surface area (Å²) in [6, 6.07) is 55.7. The molecule has 2 aliphatic rings. The van der Waals surface area contributed by atoms with E-state index in [0.717, 1.165) is 109 Å². The molecule has 9 rings (SSSR count). The minimum Gasteiger partial charge on any atom is -0.311 e. The monoisotopic (exact) mass is 968 g/mol. The molecule has 7 aromatic rings. The fourth-order valence-electron chi connectivity index (χ4n) is 9.54. The molecule has 356 valence electrons. The van der Waals surface area contributed by atoms with Gasteiger partial charge in [-0.1, -0.05) is 151 Å². The summed E-state index contributed by atoms with van der Waals surface area (Å²) < 4.78 is 0. The van der Waals surface area contributed by atoms with Gasteiger partial charge < -0.3 is 14.7 Å². The number of hydrogen-bond donors (Lipinski definition) is 0. The van der Waals surface area contributed by atoms with Gasteiger partial charge in [0.05, 0.1) is 43.9 Å². The lowest BCUT2D eigenvalue weighted by Crippen LogP contribution is -2.30. The second kappa shape index (κ2) is 23.6. The lowest BCUT2D eigenvalue weighted by atomic mass is 10.1. The fourth-order valence-corrected chi connectivity index (χ4v) is 11.7. The summed E-state index contributed by atoms with van der Waals surface area (Å²) >= 11 is 3.23. The number of amides is 2. The number of anilines is 3. The molecule has 2 aromatic heterocycles. The maximum absolute atomic E-state index is 15.1. The smallest absolute Gasteiger partial charge is 0.261 e. The first-order valence-corrected chi connectivity index (χ1v) is 27.1. The van der Waals surface area contributed by atoms with Gasteiger partial charge in [-0.05, 0) is 121 Å². The van der Waals surface area contributed by atoms with Gasteiger partial charge in [0.25, 0.3) is 11.8 Å². The van der Waals surface area contributed by atoms with Gasteiger partial charge in [-0.25, -0.2) is 0 Å². The Labute approximate surface area is 428 Å². The number of fused-ring (bicyclic) bond motifs is 1. The van der Waals surface area contributed by atoms with Gasteiger partial charge >= 0.3 is 0 Å². The van der Waals surface area contributed by atoms with Crippen molar-refractivity contribution < 1.29 is 9.59 Å². The van der Waals surface area contributed by atoms with Crippen molar-refractivity contribution in [1.82, 2.24) is 9.80 Å². The lowest BCUT2D eigenvalue weighted by Gasteiger charge is -2.25. The molecule has 71 heavy (non-hydrogen) atoms. The molecule has 0 saturated carbocycles. The van der Waals surface area contributed by atoms with Crippen LogP contribution in [-0.4, -0.2) is 34.7 Å². The minimum atomic E-state index is -0.0806. The molecule has 6 nitrogen and oxygen atoms in total. The second-order valence-corrected chi connectivity index (χ2v) is 20.5. The third-order valence-electron chi connectivity index (χ3n) is 13.3. The number of para-hydroxylation sites is 2. The molecule has 0 unspecified atom stereocenters. The van der Waals surface area contributed by atoms with Crippen LogP contribution in [0.2, 0.25) is 0 Å². The first-order valence-electron chi connectivity index (χ1n) is 25.4. The van der Waals surface area contributed by atoms with Gasteiger partial charge in [0, 0.05) is 51.0 Å². The van der Waals surface area contributed by atoms with Crippen LogP contribution in [0.5, 0.6) is 0 Å². The van der Waals surface area contributed by atoms with E-state index in [2.05, 4.69) is 158 Å². The number of nitriles is 1. The lowest BCUT2D eigenvalue weighted by molar-refractivity contribution is -0.124. The van der Waals surface area contributed by atoms with Crippen molar-refractivity contribution in [2.45, 2.75) is 90.9 Å². The van der Waals surface area contributed by atoms with Crippen molar-refractivity contribution >= 4 is 62.9 Å². The van der Waals surface area contributed by atoms with Crippen molar-refractivity contribution in [2.75, 3.05) is 18.0 Å². The van der Waals surface area contributed by atoms with Gasteiger partial charge in [0.2, 0.25) is 0 Å². The summed E-state index contributed by atoms with van der Waals surface area (Å²) in [5.74, 6) is 6.58. The first-order chi connectivity index (χ1) is 34.9. The zero-order chi connectivity index (χ0) is 48.9. The Kier molecular flexibility index (Phi) is 16.2. The SMILES string of the molecule is CCCCCCCCN1C(=O)C2=C(c3ccc(-c4ccc(C#Cc5ccc(N(c6ccccc6)c6ccccc6)cc5)cc4)s3)N(CCCCCCCC)C(=O)C2=C1c1ccc(-c2ccc(C#N)cc2)s1. The highest BCUT2D eigenvalue weighted by Crippen LogP contribution is 2.50. The van der Waals surface area contributed by atoms with Crippen LogP contribution in [0.4, 0.5) is 17.1 Å². The van der Waals surface area contributed by atoms with E-state index in [-0.39, 0.29) is 11.8 Å². The van der Waals surface area contributed by atoms with E-state index >= 15 is 9.59 Å². The molecule has 0 saturated heterocycles. The van der Waals surface area contributed by atoms with Crippen LogP contribution in [0.1, 0.15) is 117 Å². The number of thiophene rings is 2. The topological polar surface area (TPSA) is 67.7 Å². The number of benzene rings is 5. The van der Waals surface area contributed by atoms with Crippen LogP contribution >= 0.6 is 22.7 Å². The van der Waals surface area contributed by atoms with E-state index < -0.39 is 0 Å². The molecule has 0 fully saturated rings. The molecule has 0 spiro atoms. The number of unbranched alkanes of at least 4 members (excludes halogenated alkanes) is 10. The number of carbonyl (C=O) groups excluding carboxylic acids is 2.